The van der Waals surface area contributed by atoms with E-state index in [0.29, 0.717) is 11.4 Å². The second-order valence-electron chi connectivity index (χ2n) is 8.99. The molecule has 0 saturated heterocycles. The van der Waals surface area contributed by atoms with Gasteiger partial charge in [-0.05, 0) is 49.1 Å². The summed E-state index contributed by atoms with van der Waals surface area (Å²) in [6.07, 6.45) is 5.65. The number of hydrogen-bond donors (Lipinski definition) is 1. The zero-order valence-electron chi connectivity index (χ0n) is 20.3. The molecule has 0 radical (unpaired) electrons. The molecule has 2 amide bonds. The predicted octanol–water partition coefficient (Wildman–Crippen LogP) is 4.22. The van der Waals surface area contributed by atoms with Gasteiger partial charge in [0.15, 0.2) is 0 Å². The van der Waals surface area contributed by atoms with Crippen molar-refractivity contribution in [3.8, 4) is 0 Å². The lowest BCUT2D eigenvalue weighted by Crippen LogP contribution is -2.53. The molecule has 0 unspecified atom stereocenters. The molecule has 2 aromatic carbocycles. The number of carbonyl (C=O) groups is 2. The van der Waals surface area contributed by atoms with Crippen LogP contribution in [0, 0.1) is 0 Å². The van der Waals surface area contributed by atoms with Crippen LogP contribution >= 0.6 is 11.6 Å². The molecule has 7 nitrogen and oxygen atoms in total. The lowest BCUT2D eigenvalue weighted by molar-refractivity contribution is -0.141. The lowest BCUT2D eigenvalue weighted by atomic mass is 9.95. The molecule has 0 bridgehead atoms. The maximum absolute atomic E-state index is 13.5. The first-order valence-corrected chi connectivity index (χ1v) is 13.9. The van der Waals surface area contributed by atoms with E-state index in [4.69, 9.17) is 11.6 Å². The van der Waals surface area contributed by atoms with Gasteiger partial charge in [0.1, 0.15) is 6.04 Å². The minimum absolute atomic E-state index is 0.0499. The second kappa shape index (κ2) is 12.5. The number of nitrogens with one attached hydrogen (secondary N) is 1. The zero-order valence-corrected chi connectivity index (χ0v) is 21.9. The first-order chi connectivity index (χ1) is 16.7. The van der Waals surface area contributed by atoms with Gasteiger partial charge in [-0.25, -0.2) is 8.42 Å². The molecule has 0 aromatic heterocycles. The minimum Gasteiger partial charge on any atom is -0.352 e. The van der Waals surface area contributed by atoms with Crippen LogP contribution in [0.1, 0.15) is 51.0 Å². The fraction of sp³-hybridized carbons (Fsp3) is 0.462. The van der Waals surface area contributed by atoms with Crippen molar-refractivity contribution in [3.05, 3.63) is 65.2 Å². The third-order valence-corrected chi connectivity index (χ3v) is 8.48. The summed E-state index contributed by atoms with van der Waals surface area (Å²) in [5, 5.41) is 3.55. The van der Waals surface area contributed by atoms with Crippen LogP contribution in [-0.2, 0) is 26.2 Å². The Morgan fingerprint density at radius 1 is 1.03 bits per heavy atom. The van der Waals surface area contributed by atoms with Crippen molar-refractivity contribution in [1.82, 2.24) is 14.5 Å². The average molecular weight is 520 g/mol. The molecule has 3 rings (SSSR count). The highest BCUT2D eigenvalue weighted by molar-refractivity contribution is 7.89. The molecular weight excluding hydrogens is 486 g/mol. The highest BCUT2D eigenvalue weighted by atomic mass is 35.5. The molecule has 1 fully saturated rings. The van der Waals surface area contributed by atoms with Gasteiger partial charge in [-0.2, -0.15) is 4.31 Å². The number of likely N-dealkylation sites (N-methyl/N-ethyl adjacent to an activating group) is 1. The Morgan fingerprint density at radius 3 is 2.26 bits per heavy atom. The third-order valence-electron chi connectivity index (χ3n) is 6.41. The van der Waals surface area contributed by atoms with E-state index < -0.39 is 22.0 Å². The first-order valence-electron chi connectivity index (χ1n) is 12.1. The molecule has 2 aromatic rings. The summed E-state index contributed by atoms with van der Waals surface area (Å²) < 4.78 is 27.1. The van der Waals surface area contributed by atoms with Gasteiger partial charge in [-0.1, -0.05) is 68.1 Å². The van der Waals surface area contributed by atoms with Gasteiger partial charge < -0.3 is 10.2 Å². The van der Waals surface area contributed by atoms with Crippen molar-refractivity contribution in [2.75, 3.05) is 13.6 Å². The summed E-state index contributed by atoms with van der Waals surface area (Å²) in [4.78, 5) is 28.3. The number of benzene rings is 2. The normalized spacial score (nSPS) is 15.5. The van der Waals surface area contributed by atoms with Crippen LogP contribution in [0.5, 0.6) is 0 Å². The van der Waals surface area contributed by atoms with Crippen molar-refractivity contribution < 1.29 is 18.0 Å². The minimum atomic E-state index is -3.91. The van der Waals surface area contributed by atoms with Gasteiger partial charge >= 0.3 is 0 Å². The summed E-state index contributed by atoms with van der Waals surface area (Å²) in [5.74, 6) is -0.619. The molecule has 1 aliphatic rings. The number of nitrogens with zero attached hydrogens (tertiary/aromatic N) is 2. The molecule has 9 heteroatoms. The molecule has 1 saturated carbocycles. The Kier molecular flexibility index (Phi) is 9.71. The summed E-state index contributed by atoms with van der Waals surface area (Å²) in [7, 11) is -2.54. The number of amides is 2. The smallest absolute Gasteiger partial charge is 0.243 e. The molecule has 0 aliphatic heterocycles. The van der Waals surface area contributed by atoms with Crippen LogP contribution < -0.4 is 5.32 Å². The number of carbonyl (C=O) groups excluding carboxylic acids is 2. The largest absolute Gasteiger partial charge is 0.352 e. The van der Waals surface area contributed by atoms with E-state index in [9.17, 15) is 18.0 Å². The highest BCUT2D eigenvalue weighted by Gasteiger charge is 2.32. The second-order valence-corrected chi connectivity index (χ2v) is 11.5. The van der Waals surface area contributed by atoms with E-state index >= 15 is 0 Å². The topological polar surface area (TPSA) is 86.8 Å². The summed E-state index contributed by atoms with van der Waals surface area (Å²) in [5.41, 5.74) is 0.868. The van der Waals surface area contributed by atoms with Gasteiger partial charge in [-0.15, -0.1) is 0 Å². The Labute approximate surface area is 213 Å². The lowest BCUT2D eigenvalue weighted by Gasteiger charge is -2.33. The molecule has 0 spiro atoms. The maximum atomic E-state index is 13.5. The van der Waals surface area contributed by atoms with Crippen LogP contribution in [0.15, 0.2) is 59.5 Å². The predicted molar refractivity (Wildman–Crippen MR) is 137 cm³/mol. The molecular formula is C26H34ClN3O4S. The van der Waals surface area contributed by atoms with Crippen LogP contribution in [-0.4, -0.2) is 55.1 Å². The van der Waals surface area contributed by atoms with E-state index in [0.717, 1.165) is 35.6 Å². The SMILES string of the molecule is CC[C@@H](C(=O)NC1CCCCC1)N(Cc1ccccc1)C(=O)CN(C)S(=O)(=O)c1ccc(Cl)cc1. The van der Waals surface area contributed by atoms with E-state index in [1.54, 1.807) is 0 Å². The van der Waals surface area contributed by atoms with Crippen LogP contribution in [0.25, 0.3) is 0 Å². The van der Waals surface area contributed by atoms with Crippen LogP contribution in [0.2, 0.25) is 5.02 Å². The molecule has 190 valence electrons. The van der Waals surface area contributed by atoms with Gasteiger partial charge in [0.05, 0.1) is 11.4 Å². The molecule has 1 atom stereocenters. The monoisotopic (exact) mass is 519 g/mol. The van der Waals surface area contributed by atoms with Gasteiger partial charge in [-0.3, -0.25) is 9.59 Å². The van der Waals surface area contributed by atoms with Crippen molar-refractivity contribution in [3.63, 3.8) is 0 Å². The molecule has 1 N–H and O–H groups in total. The highest BCUT2D eigenvalue weighted by Crippen LogP contribution is 2.21. The van der Waals surface area contributed by atoms with Gasteiger partial charge in [0, 0.05) is 24.7 Å². The summed E-state index contributed by atoms with van der Waals surface area (Å²) >= 11 is 5.89. The van der Waals surface area contributed by atoms with Crippen molar-refractivity contribution in [2.45, 2.75) is 69.0 Å². The molecule has 0 heterocycles. The standard InChI is InChI=1S/C26H34ClN3O4S/c1-3-24(26(32)28-22-12-8-5-9-13-22)30(18-20-10-6-4-7-11-20)25(31)19-29(2)35(33,34)23-16-14-21(27)15-17-23/h4,6-7,10-11,14-17,22,24H,3,5,8-9,12-13,18-19H2,1-2H3,(H,28,32)/t24-/m0/s1. The zero-order chi connectivity index (χ0) is 25.4. The summed E-state index contributed by atoms with van der Waals surface area (Å²) in [6, 6.07) is 14.6. The van der Waals surface area contributed by atoms with Crippen LogP contribution in [0.4, 0.5) is 0 Å². The Bertz CT molecular complexity index is 1090. The van der Waals surface area contributed by atoms with E-state index in [-0.39, 0.29) is 29.9 Å². The van der Waals surface area contributed by atoms with E-state index in [2.05, 4.69) is 5.32 Å². The summed E-state index contributed by atoms with van der Waals surface area (Å²) in [6.45, 7) is 1.70. The number of sulfonamides is 1. The molecule has 1 aliphatic carbocycles. The quantitative estimate of drug-likeness (QED) is 0.509. The number of halogens is 1. The Hall–Kier alpha value is -2.42. The fourth-order valence-electron chi connectivity index (χ4n) is 4.40. The maximum Gasteiger partial charge on any atom is 0.243 e. The fourth-order valence-corrected chi connectivity index (χ4v) is 5.64. The van der Waals surface area contributed by atoms with E-state index in [1.807, 2.05) is 37.3 Å². The van der Waals surface area contributed by atoms with Crippen molar-refractivity contribution >= 4 is 33.4 Å². The van der Waals surface area contributed by atoms with Crippen LogP contribution in [0.3, 0.4) is 0 Å². The van der Waals surface area contributed by atoms with E-state index in [1.165, 1.54) is 42.6 Å². The van der Waals surface area contributed by atoms with Crippen molar-refractivity contribution in [1.29, 1.82) is 0 Å². The first kappa shape index (κ1) is 27.2. The average Bonchev–Trinajstić information content (AvgIpc) is 2.85. The van der Waals surface area contributed by atoms with Gasteiger partial charge in [0.2, 0.25) is 21.8 Å². The Balaban J connectivity index is 1.81. The third kappa shape index (κ3) is 7.29. The van der Waals surface area contributed by atoms with Crippen molar-refractivity contribution in [2.24, 2.45) is 0 Å². The molecule has 35 heavy (non-hydrogen) atoms. The Morgan fingerprint density at radius 2 is 1.66 bits per heavy atom. The number of rotatable bonds is 10. The number of hydrogen-bond acceptors (Lipinski definition) is 4. The van der Waals surface area contributed by atoms with Gasteiger partial charge in [0.25, 0.3) is 0 Å².